The summed E-state index contributed by atoms with van der Waals surface area (Å²) in [5.41, 5.74) is 21.0. The van der Waals surface area contributed by atoms with Crippen LogP contribution >= 0.6 is 0 Å². The minimum atomic E-state index is 0.0283. The van der Waals surface area contributed by atoms with Gasteiger partial charge in [0.25, 0.3) is 0 Å². The van der Waals surface area contributed by atoms with Crippen molar-refractivity contribution in [1.29, 1.82) is 0 Å². The summed E-state index contributed by atoms with van der Waals surface area (Å²) in [5, 5.41) is 13.0. The number of hydrogen-bond donors (Lipinski definition) is 0. The van der Waals surface area contributed by atoms with Crippen LogP contribution < -0.4 is 4.90 Å². The second-order valence-corrected chi connectivity index (χ2v) is 26.2. The molecule has 0 fully saturated rings. The molecule has 74 heavy (non-hydrogen) atoms. The Balaban J connectivity index is 0.992. The van der Waals surface area contributed by atoms with Crippen LogP contribution in [-0.4, -0.2) is 19.4 Å². The lowest BCUT2D eigenvalue weighted by molar-refractivity contribution is 0.507. The zero-order valence-corrected chi connectivity index (χ0v) is 45.0. The van der Waals surface area contributed by atoms with E-state index in [1.807, 2.05) is 0 Å². The summed E-state index contributed by atoms with van der Waals surface area (Å²) in [7, 11) is 0. The van der Waals surface area contributed by atoms with Gasteiger partial charge in [-0.2, -0.15) is 0 Å². The fourth-order valence-electron chi connectivity index (χ4n) is 13.7. The Labute approximate surface area is 433 Å². The SMILES string of the molecule is CC(C)(C)C1=CC2c3cc(C(C)(C)C)ccc3N(c3ccc4c5cc6c(cc5n5c7ccccc7c3c45)c3ccc(-n4c5ccc(C(C)(C)C)cc5c5cc(C(C)(C)C)ccc54)c4c5ccccc5n6c34)C2C=C1. The predicted octanol–water partition coefficient (Wildman–Crippen LogP) is 19.1. The first-order valence-electron chi connectivity index (χ1n) is 27.0. The number of para-hydroxylation sites is 2. The summed E-state index contributed by atoms with van der Waals surface area (Å²) in [5.74, 6) is 0.256. The first-order valence-corrected chi connectivity index (χ1v) is 27.0. The Bertz CT molecular complexity index is 4570. The number of fused-ring (bicyclic) bond motifs is 18. The lowest BCUT2D eigenvalue weighted by Crippen LogP contribution is -2.30. The molecule has 0 saturated carbocycles. The van der Waals surface area contributed by atoms with Crippen molar-refractivity contribution >= 4 is 109 Å². The quantitative estimate of drug-likeness (QED) is 0.169. The second kappa shape index (κ2) is 14.2. The van der Waals surface area contributed by atoms with Gasteiger partial charge in [-0.25, -0.2) is 0 Å². The van der Waals surface area contributed by atoms with Crippen LogP contribution in [0, 0.1) is 5.41 Å². The summed E-state index contributed by atoms with van der Waals surface area (Å²) in [6.45, 7) is 28.0. The third-order valence-corrected chi connectivity index (χ3v) is 17.6. The van der Waals surface area contributed by atoms with Gasteiger partial charge in [-0.05, 0) is 116 Å². The van der Waals surface area contributed by atoms with Crippen LogP contribution in [0.15, 0.2) is 163 Å². The molecule has 2 unspecified atom stereocenters. The molecule has 13 aromatic rings. The molecule has 6 heterocycles. The van der Waals surface area contributed by atoms with Gasteiger partial charge in [0.1, 0.15) is 0 Å². The van der Waals surface area contributed by atoms with E-state index in [-0.39, 0.29) is 33.6 Å². The first-order chi connectivity index (χ1) is 35.3. The normalized spacial score (nSPS) is 16.9. The molecular formula is C70H64N4. The van der Waals surface area contributed by atoms with E-state index in [9.17, 15) is 0 Å². The van der Waals surface area contributed by atoms with Gasteiger partial charge in [0.05, 0.1) is 61.6 Å². The molecule has 0 amide bonds. The average Bonchev–Trinajstić information content (AvgIpc) is 4.22. The Kier molecular flexibility index (Phi) is 8.43. The number of benzene rings is 8. The molecule has 2 aliphatic rings. The second-order valence-electron chi connectivity index (χ2n) is 26.2. The standard InChI is InChI=1S/C70H64N4/c1-67(2,3)39-21-27-55-47(33-39)48-34-40(68(4,5)6)22-28-56(48)71(55)59-31-25-43-51-37-62-52(38-61(51)73-53-19-15-13-17-45(53)63(59)65(43)73)44-26-32-60(64-46-18-14-16-20-54(46)74(62)66(44)64)72-57-29-23-41(69(7,8)9)35-49(57)50-36-42(70(10,11)12)24-30-58(50)72/h13-38,47,55H,1-12H3. The maximum Gasteiger partial charge on any atom is 0.0641 e. The molecule has 15 rings (SSSR count). The van der Waals surface area contributed by atoms with Crippen molar-refractivity contribution in [1.82, 2.24) is 13.4 Å². The number of nitrogens with zero attached hydrogens (tertiary/aromatic N) is 4. The van der Waals surface area contributed by atoms with E-state index >= 15 is 0 Å². The topological polar surface area (TPSA) is 17.0 Å². The molecule has 0 spiro atoms. The molecule has 4 nitrogen and oxygen atoms in total. The number of allylic oxidation sites excluding steroid dienone is 2. The van der Waals surface area contributed by atoms with Crippen LogP contribution in [0.5, 0.6) is 0 Å². The van der Waals surface area contributed by atoms with Crippen molar-refractivity contribution < 1.29 is 0 Å². The van der Waals surface area contributed by atoms with E-state index in [0.29, 0.717) is 0 Å². The molecule has 364 valence electrons. The van der Waals surface area contributed by atoms with E-state index < -0.39 is 0 Å². The Hall–Kier alpha value is -7.56. The molecular weight excluding hydrogens is 897 g/mol. The first kappa shape index (κ1) is 44.0. The van der Waals surface area contributed by atoms with Crippen molar-refractivity contribution in [3.63, 3.8) is 0 Å². The van der Waals surface area contributed by atoms with Gasteiger partial charge < -0.3 is 18.3 Å². The van der Waals surface area contributed by atoms with Crippen molar-refractivity contribution in [2.45, 2.75) is 111 Å². The molecule has 8 aromatic carbocycles. The predicted molar refractivity (Wildman–Crippen MR) is 318 cm³/mol. The monoisotopic (exact) mass is 961 g/mol. The van der Waals surface area contributed by atoms with Crippen LogP contribution in [0.4, 0.5) is 11.4 Å². The summed E-state index contributed by atoms with van der Waals surface area (Å²) in [4.78, 5) is 2.68. The maximum atomic E-state index is 2.68. The zero-order valence-electron chi connectivity index (χ0n) is 45.0. The third-order valence-electron chi connectivity index (χ3n) is 17.6. The van der Waals surface area contributed by atoms with E-state index in [2.05, 4.69) is 259 Å². The summed E-state index contributed by atoms with van der Waals surface area (Å²) in [6, 6.07) is 54.9. The highest BCUT2D eigenvalue weighted by Gasteiger charge is 2.41. The van der Waals surface area contributed by atoms with E-state index in [1.165, 1.54) is 143 Å². The molecule has 4 heteroatoms. The van der Waals surface area contributed by atoms with Crippen molar-refractivity contribution in [2.24, 2.45) is 5.41 Å². The molecule has 2 atom stereocenters. The summed E-state index contributed by atoms with van der Waals surface area (Å²) in [6.07, 6.45) is 7.49. The van der Waals surface area contributed by atoms with Crippen molar-refractivity contribution in [3.05, 3.63) is 186 Å². The molecule has 0 bridgehead atoms. The number of hydrogen-bond acceptors (Lipinski definition) is 1. The van der Waals surface area contributed by atoms with Gasteiger partial charge in [-0.3, -0.25) is 0 Å². The molecule has 5 aromatic heterocycles. The number of anilines is 2. The van der Waals surface area contributed by atoms with Crippen LogP contribution in [0.25, 0.3) is 104 Å². The Morgan fingerprint density at radius 2 is 0.824 bits per heavy atom. The lowest BCUT2D eigenvalue weighted by atomic mass is 9.77. The molecule has 0 N–H and O–H groups in total. The highest BCUT2D eigenvalue weighted by molar-refractivity contribution is 6.31. The van der Waals surface area contributed by atoms with Crippen molar-refractivity contribution in [2.75, 3.05) is 4.90 Å². The summed E-state index contributed by atoms with van der Waals surface area (Å²) >= 11 is 0. The molecule has 0 saturated heterocycles. The van der Waals surface area contributed by atoms with Crippen LogP contribution in [0.2, 0.25) is 0 Å². The highest BCUT2D eigenvalue weighted by atomic mass is 15.2. The van der Waals surface area contributed by atoms with E-state index in [0.717, 1.165) is 0 Å². The average molecular weight is 961 g/mol. The lowest BCUT2D eigenvalue weighted by Gasteiger charge is -2.32. The Morgan fingerprint density at radius 1 is 0.365 bits per heavy atom. The van der Waals surface area contributed by atoms with Crippen LogP contribution in [0.3, 0.4) is 0 Å². The smallest absolute Gasteiger partial charge is 0.0641 e. The summed E-state index contributed by atoms with van der Waals surface area (Å²) < 4.78 is 7.74. The molecule has 1 aliphatic heterocycles. The van der Waals surface area contributed by atoms with Gasteiger partial charge in [-0.1, -0.05) is 174 Å². The zero-order chi connectivity index (χ0) is 50.9. The molecule has 0 radical (unpaired) electrons. The van der Waals surface area contributed by atoms with Gasteiger partial charge in [-0.15, -0.1) is 0 Å². The van der Waals surface area contributed by atoms with E-state index in [4.69, 9.17) is 0 Å². The minimum Gasteiger partial charge on any atom is -0.333 e. The largest absolute Gasteiger partial charge is 0.333 e. The maximum absolute atomic E-state index is 2.68. The Morgan fingerprint density at radius 3 is 1.35 bits per heavy atom. The highest BCUT2D eigenvalue weighted by Crippen LogP contribution is 2.55. The van der Waals surface area contributed by atoms with Gasteiger partial charge in [0.15, 0.2) is 0 Å². The number of rotatable bonds is 2. The fraction of sp³-hybridized carbons (Fsp3) is 0.257. The minimum absolute atomic E-state index is 0.0283. The van der Waals surface area contributed by atoms with Crippen molar-refractivity contribution in [3.8, 4) is 5.69 Å². The van der Waals surface area contributed by atoms with Gasteiger partial charge >= 0.3 is 0 Å². The van der Waals surface area contributed by atoms with Crippen LogP contribution in [-0.2, 0) is 16.2 Å². The number of aromatic nitrogens is 3. The molecule has 1 aliphatic carbocycles. The van der Waals surface area contributed by atoms with Gasteiger partial charge in [0, 0.05) is 65.5 Å². The fourth-order valence-corrected chi connectivity index (χ4v) is 13.7. The van der Waals surface area contributed by atoms with E-state index in [1.54, 1.807) is 0 Å². The van der Waals surface area contributed by atoms with Crippen LogP contribution in [0.1, 0.15) is 111 Å². The third kappa shape index (κ3) is 5.75. The van der Waals surface area contributed by atoms with Gasteiger partial charge in [0.2, 0.25) is 0 Å².